The number of Topliss-reactive ketones (excluding diaryl/α,β-unsaturated/α-hetero) is 1. The molecule has 0 aliphatic carbocycles. The van der Waals surface area contributed by atoms with Crippen LogP contribution in [0.15, 0.2) is 24.4 Å². The van der Waals surface area contributed by atoms with Crippen molar-refractivity contribution in [3.05, 3.63) is 41.2 Å². The van der Waals surface area contributed by atoms with Crippen molar-refractivity contribution in [2.24, 2.45) is 0 Å². The van der Waals surface area contributed by atoms with E-state index in [0.717, 1.165) is 36.9 Å². The predicted molar refractivity (Wildman–Crippen MR) is 68.2 cm³/mol. The smallest absolute Gasteiger partial charge is 0.184 e. The highest BCUT2D eigenvalue weighted by atomic mass is 32.1. The molecule has 1 aromatic heterocycles. The highest BCUT2D eigenvalue weighted by Gasteiger charge is 2.13. The summed E-state index contributed by atoms with van der Waals surface area (Å²) >= 11 is 1.07. The number of carbonyl (C=O) groups is 1. The number of carbonyl (C=O) groups excluding carboxylic acids is 1. The van der Waals surface area contributed by atoms with Crippen molar-refractivity contribution in [2.45, 2.75) is 19.3 Å². The molecule has 1 aliphatic heterocycles. The number of aromatic nitrogens is 2. The molecule has 0 atom stereocenters. The summed E-state index contributed by atoms with van der Waals surface area (Å²) in [5.74, 6) is 1.04. The monoisotopic (exact) mass is 260 g/mol. The van der Waals surface area contributed by atoms with Crippen LogP contribution in [0.5, 0.6) is 5.75 Å². The van der Waals surface area contributed by atoms with E-state index in [1.54, 1.807) is 0 Å². The molecule has 0 unspecified atom stereocenters. The Labute approximate surface area is 109 Å². The molecule has 0 radical (unpaired) electrons. The largest absolute Gasteiger partial charge is 0.493 e. The first-order chi connectivity index (χ1) is 8.83. The molecule has 2 aromatic rings. The SMILES string of the molecule is O=C(CCc1ccc2c(c1)CCO2)c1cnsn1. The van der Waals surface area contributed by atoms with Gasteiger partial charge in [0.15, 0.2) is 5.78 Å². The van der Waals surface area contributed by atoms with E-state index in [9.17, 15) is 4.79 Å². The third-order valence-corrected chi connectivity index (χ3v) is 3.52. The van der Waals surface area contributed by atoms with Gasteiger partial charge in [0, 0.05) is 12.8 Å². The minimum Gasteiger partial charge on any atom is -0.493 e. The molecule has 18 heavy (non-hydrogen) atoms. The molecular weight excluding hydrogens is 248 g/mol. The lowest BCUT2D eigenvalue weighted by molar-refractivity contribution is 0.0979. The van der Waals surface area contributed by atoms with E-state index in [1.165, 1.54) is 17.3 Å². The predicted octanol–water partition coefficient (Wildman–Crippen LogP) is 2.29. The van der Waals surface area contributed by atoms with Crippen molar-refractivity contribution in [1.29, 1.82) is 0 Å². The van der Waals surface area contributed by atoms with Crippen molar-refractivity contribution in [3.8, 4) is 5.75 Å². The second-order valence-electron chi connectivity index (χ2n) is 4.26. The van der Waals surface area contributed by atoms with Gasteiger partial charge in [0.1, 0.15) is 11.4 Å². The quantitative estimate of drug-likeness (QED) is 0.791. The average Bonchev–Trinajstić information content (AvgIpc) is 3.05. The Bertz CT molecular complexity index is 566. The summed E-state index contributed by atoms with van der Waals surface area (Å²) in [6, 6.07) is 6.15. The molecule has 1 aromatic carbocycles. The Balaban J connectivity index is 1.65. The summed E-state index contributed by atoms with van der Waals surface area (Å²) in [5, 5.41) is 0. The van der Waals surface area contributed by atoms with Gasteiger partial charge in [-0.05, 0) is 23.6 Å². The summed E-state index contributed by atoms with van der Waals surface area (Å²) in [4.78, 5) is 11.8. The van der Waals surface area contributed by atoms with Gasteiger partial charge in [-0.25, -0.2) is 0 Å². The number of aryl methyl sites for hydroxylation is 1. The topological polar surface area (TPSA) is 52.1 Å². The zero-order valence-corrected chi connectivity index (χ0v) is 10.6. The van der Waals surface area contributed by atoms with Crippen LogP contribution in [0.1, 0.15) is 28.0 Å². The van der Waals surface area contributed by atoms with Crippen LogP contribution in [-0.2, 0) is 12.8 Å². The Morgan fingerprint density at radius 3 is 3.22 bits per heavy atom. The number of hydrogen-bond acceptors (Lipinski definition) is 5. The normalized spacial score (nSPS) is 13.1. The van der Waals surface area contributed by atoms with Gasteiger partial charge < -0.3 is 4.74 Å². The van der Waals surface area contributed by atoms with Crippen LogP contribution in [0.3, 0.4) is 0 Å². The number of rotatable bonds is 4. The molecular formula is C13H12N2O2S. The summed E-state index contributed by atoms with van der Waals surface area (Å²) < 4.78 is 13.2. The lowest BCUT2D eigenvalue weighted by Gasteiger charge is -2.03. The minimum atomic E-state index is 0.0560. The molecule has 3 rings (SSSR count). The zero-order valence-electron chi connectivity index (χ0n) is 9.76. The van der Waals surface area contributed by atoms with E-state index in [0.29, 0.717) is 12.1 Å². The maximum absolute atomic E-state index is 11.8. The van der Waals surface area contributed by atoms with Crippen molar-refractivity contribution >= 4 is 17.5 Å². The fourth-order valence-electron chi connectivity index (χ4n) is 2.07. The van der Waals surface area contributed by atoms with Crippen LogP contribution in [-0.4, -0.2) is 21.1 Å². The maximum atomic E-state index is 11.8. The van der Waals surface area contributed by atoms with Crippen LogP contribution >= 0.6 is 11.7 Å². The fourth-order valence-corrected chi connectivity index (χ4v) is 2.50. The zero-order chi connectivity index (χ0) is 12.4. The molecule has 0 amide bonds. The first-order valence-electron chi connectivity index (χ1n) is 5.88. The van der Waals surface area contributed by atoms with Crippen LogP contribution < -0.4 is 4.74 Å². The maximum Gasteiger partial charge on any atom is 0.184 e. The fraction of sp³-hybridized carbons (Fsp3) is 0.308. The van der Waals surface area contributed by atoms with Crippen molar-refractivity contribution in [1.82, 2.24) is 8.75 Å². The number of benzene rings is 1. The number of ether oxygens (including phenoxy) is 1. The number of nitrogens with zero attached hydrogens (tertiary/aromatic N) is 2. The first kappa shape index (κ1) is 11.3. The summed E-state index contributed by atoms with van der Waals surface area (Å²) in [7, 11) is 0. The summed E-state index contributed by atoms with van der Waals surface area (Å²) in [5.41, 5.74) is 2.90. The number of ketones is 1. The molecule has 0 saturated carbocycles. The molecule has 4 nitrogen and oxygen atoms in total. The molecule has 0 saturated heterocycles. The third kappa shape index (κ3) is 2.26. The lowest BCUT2D eigenvalue weighted by atomic mass is 10.0. The minimum absolute atomic E-state index is 0.0560. The van der Waals surface area contributed by atoms with Gasteiger partial charge in [-0.15, -0.1) is 0 Å². The standard InChI is InChI=1S/C13H12N2O2S/c16-12(11-8-14-18-15-11)3-1-9-2-4-13-10(7-9)5-6-17-13/h2,4,7-8H,1,3,5-6H2. The van der Waals surface area contributed by atoms with Gasteiger partial charge in [-0.3, -0.25) is 4.79 Å². The van der Waals surface area contributed by atoms with Crippen LogP contribution in [0.4, 0.5) is 0 Å². The van der Waals surface area contributed by atoms with Crippen molar-refractivity contribution in [2.75, 3.05) is 6.61 Å². The molecule has 0 spiro atoms. The molecule has 0 fully saturated rings. The van der Waals surface area contributed by atoms with Crippen molar-refractivity contribution in [3.63, 3.8) is 0 Å². The van der Waals surface area contributed by atoms with Crippen LogP contribution in [0.25, 0.3) is 0 Å². The Morgan fingerprint density at radius 2 is 2.39 bits per heavy atom. The van der Waals surface area contributed by atoms with Gasteiger partial charge in [-0.2, -0.15) is 8.75 Å². The van der Waals surface area contributed by atoms with Crippen LogP contribution in [0, 0.1) is 0 Å². The average molecular weight is 260 g/mol. The molecule has 0 bridgehead atoms. The second kappa shape index (κ2) is 4.86. The van der Waals surface area contributed by atoms with Gasteiger partial charge in [0.25, 0.3) is 0 Å². The van der Waals surface area contributed by atoms with Gasteiger partial charge in [0.2, 0.25) is 0 Å². The number of fused-ring (bicyclic) bond motifs is 1. The van der Waals surface area contributed by atoms with E-state index >= 15 is 0 Å². The summed E-state index contributed by atoms with van der Waals surface area (Å²) in [6.45, 7) is 0.766. The van der Waals surface area contributed by atoms with Crippen molar-refractivity contribution < 1.29 is 9.53 Å². The Morgan fingerprint density at radius 1 is 1.44 bits per heavy atom. The molecule has 2 heterocycles. The highest BCUT2D eigenvalue weighted by Crippen LogP contribution is 2.26. The Hall–Kier alpha value is -1.75. The van der Waals surface area contributed by atoms with Gasteiger partial charge >= 0.3 is 0 Å². The van der Waals surface area contributed by atoms with E-state index in [1.807, 2.05) is 12.1 Å². The van der Waals surface area contributed by atoms with E-state index in [4.69, 9.17) is 4.74 Å². The van der Waals surface area contributed by atoms with Gasteiger partial charge in [0.05, 0.1) is 24.5 Å². The molecule has 0 N–H and O–H groups in total. The van der Waals surface area contributed by atoms with E-state index < -0.39 is 0 Å². The van der Waals surface area contributed by atoms with Crippen LogP contribution in [0.2, 0.25) is 0 Å². The molecule has 1 aliphatic rings. The van der Waals surface area contributed by atoms with E-state index in [-0.39, 0.29) is 5.78 Å². The van der Waals surface area contributed by atoms with E-state index in [2.05, 4.69) is 14.8 Å². The second-order valence-corrected chi connectivity index (χ2v) is 4.81. The highest BCUT2D eigenvalue weighted by molar-refractivity contribution is 6.99. The third-order valence-electron chi connectivity index (χ3n) is 3.04. The molecule has 92 valence electrons. The first-order valence-corrected chi connectivity index (χ1v) is 6.61. The lowest BCUT2D eigenvalue weighted by Crippen LogP contribution is -2.01. The van der Waals surface area contributed by atoms with Gasteiger partial charge in [-0.1, -0.05) is 12.1 Å². The molecule has 5 heteroatoms. The summed E-state index contributed by atoms with van der Waals surface area (Å²) in [6.07, 6.45) is 3.71. The number of hydrogen-bond donors (Lipinski definition) is 0. The Kier molecular flexibility index (Phi) is 3.06.